The van der Waals surface area contributed by atoms with Crippen LogP contribution in [0, 0.1) is 0 Å². The van der Waals surface area contributed by atoms with Gasteiger partial charge in [0.15, 0.2) is 0 Å². The quantitative estimate of drug-likeness (QED) is 0.755. The summed E-state index contributed by atoms with van der Waals surface area (Å²) in [7, 11) is -1.15. The van der Waals surface area contributed by atoms with Crippen LogP contribution in [0.3, 0.4) is 0 Å². The third-order valence-electron chi connectivity index (χ3n) is 2.21. The van der Waals surface area contributed by atoms with Crippen LogP contribution in [0.15, 0.2) is 33.6 Å². The van der Waals surface area contributed by atoms with E-state index in [-0.39, 0.29) is 5.75 Å². The lowest BCUT2D eigenvalue weighted by atomic mass is 10.4. The molecule has 0 aliphatic carbocycles. The maximum absolute atomic E-state index is 11.9. The number of rotatable bonds is 7. The molecule has 0 saturated heterocycles. The van der Waals surface area contributed by atoms with Crippen molar-refractivity contribution in [1.29, 1.82) is 0 Å². The average molecular weight is 320 g/mol. The first-order chi connectivity index (χ1) is 8.13. The number of nitrogens with one attached hydrogen (secondary N) is 1. The van der Waals surface area contributed by atoms with Gasteiger partial charge >= 0.3 is 0 Å². The molecule has 0 spiro atoms. The molecule has 2 N–H and O–H groups in total. The van der Waals surface area contributed by atoms with Gasteiger partial charge in [-0.05, 0) is 31.2 Å². The Morgan fingerprint density at radius 2 is 2.29 bits per heavy atom. The SMILES string of the molecule is CCCNCC(O)CS(=O)c1cccc(Br)c1. The van der Waals surface area contributed by atoms with E-state index in [2.05, 4.69) is 28.2 Å². The van der Waals surface area contributed by atoms with Gasteiger partial charge in [-0.3, -0.25) is 4.21 Å². The van der Waals surface area contributed by atoms with E-state index in [0.29, 0.717) is 6.54 Å². The van der Waals surface area contributed by atoms with Crippen molar-refractivity contribution in [2.45, 2.75) is 24.3 Å². The van der Waals surface area contributed by atoms with E-state index >= 15 is 0 Å². The molecule has 0 saturated carbocycles. The van der Waals surface area contributed by atoms with E-state index in [4.69, 9.17) is 0 Å². The summed E-state index contributed by atoms with van der Waals surface area (Å²) in [5, 5.41) is 12.8. The summed E-state index contributed by atoms with van der Waals surface area (Å²) in [5.41, 5.74) is 0. The molecular weight excluding hydrogens is 302 g/mol. The molecule has 1 aromatic rings. The zero-order valence-corrected chi connectivity index (χ0v) is 12.3. The highest BCUT2D eigenvalue weighted by atomic mass is 79.9. The van der Waals surface area contributed by atoms with Gasteiger partial charge in [0.05, 0.1) is 22.7 Å². The van der Waals surface area contributed by atoms with Crippen molar-refractivity contribution < 1.29 is 9.32 Å². The first-order valence-electron chi connectivity index (χ1n) is 5.66. The van der Waals surface area contributed by atoms with Gasteiger partial charge in [-0.1, -0.05) is 28.9 Å². The Morgan fingerprint density at radius 1 is 1.53 bits per heavy atom. The molecule has 0 aromatic heterocycles. The molecule has 1 aromatic carbocycles. The molecule has 96 valence electrons. The van der Waals surface area contributed by atoms with Crippen LogP contribution in [-0.2, 0) is 10.8 Å². The van der Waals surface area contributed by atoms with Crippen molar-refractivity contribution in [3.05, 3.63) is 28.7 Å². The van der Waals surface area contributed by atoms with Gasteiger partial charge in [-0.15, -0.1) is 0 Å². The van der Waals surface area contributed by atoms with Gasteiger partial charge in [0.25, 0.3) is 0 Å². The van der Waals surface area contributed by atoms with E-state index < -0.39 is 16.9 Å². The van der Waals surface area contributed by atoms with E-state index in [0.717, 1.165) is 22.3 Å². The second kappa shape index (κ2) is 7.97. The molecule has 1 rings (SSSR count). The Balaban J connectivity index is 2.43. The zero-order chi connectivity index (χ0) is 12.7. The normalized spacial score (nSPS) is 14.5. The lowest BCUT2D eigenvalue weighted by Gasteiger charge is -2.11. The molecule has 0 bridgehead atoms. The molecule has 0 fully saturated rings. The van der Waals surface area contributed by atoms with Gasteiger partial charge in [0.1, 0.15) is 0 Å². The average Bonchev–Trinajstić information content (AvgIpc) is 2.29. The first-order valence-corrected chi connectivity index (χ1v) is 7.77. The molecular formula is C12H18BrNO2S. The van der Waals surface area contributed by atoms with Gasteiger partial charge in [0.2, 0.25) is 0 Å². The number of halogens is 1. The highest BCUT2D eigenvalue weighted by Crippen LogP contribution is 2.15. The summed E-state index contributed by atoms with van der Waals surface area (Å²) < 4.78 is 12.8. The van der Waals surface area contributed by atoms with Crippen LogP contribution in [0.1, 0.15) is 13.3 Å². The van der Waals surface area contributed by atoms with Crippen LogP contribution in [0.2, 0.25) is 0 Å². The van der Waals surface area contributed by atoms with E-state index in [1.54, 1.807) is 0 Å². The molecule has 2 atom stereocenters. The summed E-state index contributed by atoms with van der Waals surface area (Å²) >= 11 is 3.34. The maximum atomic E-state index is 11.9. The Hall–Kier alpha value is -0.230. The number of aliphatic hydroxyl groups is 1. The van der Waals surface area contributed by atoms with Crippen LogP contribution in [0.5, 0.6) is 0 Å². The van der Waals surface area contributed by atoms with E-state index in [1.807, 2.05) is 24.3 Å². The van der Waals surface area contributed by atoms with Crippen LogP contribution >= 0.6 is 15.9 Å². The lowest BCUT2D eigenvalue weighted by Crippen LogP contribution is -2.31. The third kappa shape index (κ3) is 5.77. The molecule has 0 aliphatic rings. The van der Waals surface area contributed by atoms with Crippen molar-refractivity contribution in [2.24, 2.45) is 0 Å². The smallest absolute Gasteiger partial charge is 0.0783 e. The number of benzene rings is 1. The van der Waals surface area contributed by atoms with Crippen LogP contribution < -0.4 is 5.32 Å². The summed E-state index contributed by atoms with van der Waals surface area (Å²) in [6, 6.07) is 7.37. The minimum Gasteiger partial charge on any atom is -0.391 e. The third-order valence-corrected chi connectivity index (χ3v) is 4.17. The monoisotopic (exact) mass is 319 g/mol. The predicted molar refractivity (Wildman–Crippen MR) is 74.6 cm³/mol. The van der Waals surface area contributed by atoms with Gasteiger partial charge < -0.3 is 10.4 Å². The second-order valence-electron chi connectivity index (χ2n) is 3.83. The maximum Gasteiger partial charge on any atom is 0.0783 e. The number of aliphatic hydroxyl groups excluding tert-OH is 1. The molecule has 17 heavy (non-hydrogen) atoms. The van der Waals surface area contributed by atoms with Crippen molar-refractivity contribution in [3.63, 3.8) is 0 Å². The van der Waals surface area contributed by atoms with Gasteiger partial charge in [-0.25, -0.2) is 0 Å². The van der Waals surface area contributed by atoms with E-state index in [9.17, 15) is 9.32 Å². The van der Waals surface area contributed by atoms with Crippen LogP contribution in [0.25, 0.3) is 0 Å². The van der Waals surface area contributed by atoms with Crippen molar-refractivity contribution >= 4 is 26.7 Å². The Kier molecular flexibility index (Phi) is 6.96. The summed E-state index contributed by atoms with van der Waals surface area (Å²) in [6.45, 7) is 3.44. The zero-order valence-electron chi connectivity index (χ0n) is 9.86. The fraction of sp³-hybridized carbons (Fsp3) is 0.500. The molecule has 0 aliphatic heterocycles. The predicted octanol–water partition coefficient (Wildman–Crippen LogP) is 1.92. The van der Waals surface area contributed by atoms with Gasteiger partial charge in [-0.2, -0.15) is 0 Å². The number of hydrogen-bond acceptors (Lipinski definition) is 3. The van der Waals surface area contributed by atoms with Gasteiger partial charge in [0, 0.05) is 15.9 Å². The summed E-state index contributed by atoms with van der Waals surface area (Å²) in [5.74, 6) is 0.271. The Morgan fingerprint density at radius 3 is 2.94 bits per heavy atom. The topological polar surface area (TPSA) is 49.3 Å². The standard InChI is InChI=1S/C12H18BrNO2S/c1-2-6-14-8-11(15)9-17(16)12-5-3-4-10(13)7-12/h3-5,7,11,14-15H,2,6,8-9H2,1H3. The van der Waals surface area contributed by atoms with Crippen molar-refractivity contribution in [3.8, 4) is 0 Å². The minimum atomic E-state index is -1.15. The summed E-state index contributed by atoms with van der Waals surface area (Å²) in [6.07, 6.45) is 0.461. The number of hydrogen-bond donors (Lipinski definition) is 2. The molecule has 0 radical (unpaired) electrons. The fourth-order valence-corrected chi connectivity index (χ4v) is 3.08. The minimum absolute atomic E-state index is 0.271. The molecule has 3 nitrogen and oxygen atoms in total. The van der Waals surface area contributed by atoms with Crippen molar-refractivity contribution in [1.82, 2.24) is 5.32 Å². The second-order valence-corrected chi connectivity index (χ2v) is 6.24. The Labute approximate surface area is 113 Å². The summed E-state index contributed by atoms with van der Waals surface area (Å²) in [4.78, 5) is 0.744. The molecule has 0 heterocycles. The first kappa shape index (κ1) is 14.8. The van der Waals surface area contributed by atoms with E-state index in [1.165, 1.54) is 0 Å². The molecule has 2 unspecified atom stereocenters. The Bertz CT molecular complexity index is 373. The fourth-order valence-electron chi connectivity index (χ4n) is 1.38. The molecule has 0 amide bonds. The van der Waals surface area contributed by atoms with Crippen LogP contribution in [0.4, 0.5) is 0 Å². The molecule has 5 heteroatoms. The lowest BCUT2D eigenvalue weighted by molar-refractivity contribution is 0.195. The highest BCUT2D eigenvalue weighted by Gasteiger charge is 2.11. The van der Waals surface area contributed by atoms with Crippen LogP contribution in [-0.4, -0.2) is 34.3 Å². The highest BCUT2D eigenvalue weighted by molar-refractivity contribution is 9.10. The van der Waals surface area contributed by atoms with Crippen molar-refractivity contribution in [2.75, 3.05) is 18.8 Å². The largest absolute Gasteiger partial charge is 0.391 e.